The molecular formula is C14H17BrFNO2. The van der Waals surface area contributed by atoms with Crippen LogP contribution in [0, 0.1) is 5.82 Å². The minimum atomic E-state index is -0.537. The molecule has 1 aromatic rings. The van der Waals surface area contributed by atoms with Crippen LogP contribution < -0.4 is 0 Å². The summed E-state index contributed by atoms with van der Waals surface area (Å²) in [7, 11) is 0. The van der Waals surface area contributed by atoms with E-state index in [1.165, 1.54) is 12.1 Å². The number of nitrogens with zero attached hydrogens (tertiary/aromatic N) is 1. The van der Waals surface area contributed by atoms with Crippen molar-refractivity contribution in [1.82, 2.24) is 4.90 Å². The van der Waals surface area contributed by atoms with Gasteiger partial charge in [0.15, 0.2) is 0 Å². The second-order valence-corrected chi connectivity index (χ2v) is 5.58. The Labute approximate surface area is 120 Å². The van der Waals surface area contributed by atoms with Gasteiger partial charge in [0.25, 0.3) is 5.91 Å². The lowest BCUT2D eigenvalue weighted by Gasteiger charge is -2.37. The van der Waals surface area contributed by atoms with Crippen molar-refractivity contribution in [1.29, 1.82) is 0 Å². The van der Waals surface area contributed by atoms with Gasteiger partial charge >= 0.3 is 0 Å². The molecule has 0 saturated heterocycles. The standard InChI is InChI=1S/C14H17BrFNO2/c15-7-2-8-17(11-3-1-4-11)14(19)12-6-5-10(16)9-13(12)18/h5-6,9,11,18H,1-4,7-8H2. The van der Waals surface area contributed by atoms with Crippen LogP contribution in [0.1, 0.15) is 36.0 Å². The molecular weight excluding hydrogens is 313 g/mol. The van der Waals surface area contributed by atoms with Gasteiger partial charge in [0.1, 0.15) is 11.6 Å². The molecule has 0 atom stereocenters. The van der Waals surface area contributed by atoms with Crippen LogP contribution in [0.4, 0.5) is 4.39 Å². The Kier molecular flexibility index (Phi) is 4.80. The number of benzene rings is 1. The monoisotopic (exact) mass is 329 g/mol. The molecule has 3 nitrogen and oxygen atoms in total. The highest BCUT2D eigenvalue weighted by Crippen LogP contribution is 2.28. The zero-order valence-electron chi connectivity index (χ0n) is 10.6. The minimum Gasteiger partial charge on any atom is -0.507 e. The van der Waals surface area contributed by atoms with Crippen molar-refractivity contribution in [3.63, 3.8) is 0 Å². The summed E-state index contributed by atoms with van der Waals surface area (Å²) in [4.78, 5) is 14.2. The molecule has 1 fully saturated rings. The second kappa shape index (κ2) is 6.37. The predicted octanol–water partition coefficient (Wildman–Crippen LogP) is 3.31. The number of phenols is 1. The zero-order valence-corrected chi connectivity index (χ0v) is 12.2. The van der Waals surface area contributed by atoms with Gasteiger partial charge in [-0.1, -0.05) is 15.9 Å². The summed E-state index contributed by atoms with van der Waals surface area (Å²) in [6.07, 6.45) is 4.02. The molecule has 0 aliphatic heterocycles. The summed E-state index contributed by atoms with van der Waals surface area (Å²) in [5.74, 6) is -1.03. The van der Waals surface area contributed by atoms with Gasteiger partial charge in [-0.05, 0) is 37.8 Å². The van der Waals surface area contributed by atoms with E-state index in [1.807, 2.05) is 0 Å². The Hall–Kier alpha value is -1.10. The van der Waals surface area contributed by atoms with Crippen LogP contribution in [0.2, 0.25) is 0 Å². The maximum atomic E-state index is 13.0. The van der Waals surface area contributed by atoms with E-state index >= 15 is 0 Å². The summed E-state index contributed by atoms with van der Waals surface area (Å²) in [5, 5.41) is 10.5. The van der Waals surface area contributed by atoms with Crippen LogP contribution in [-0.2, 0) is 0 Å². The van der Waals surface area contributed by atoms with E-state index in [9.17, 15) is 14.3 Å². The summed E-state index contributed by atoms with van der Waals surface area (Å²) in [5.41, 5.74) is 0.183. The van der Waals surface area contributed by atoms with E-state index in [1.54, 1.807) is 4.90 Å². The fourth-order valence-corrected chi connectivity index (χ4v) is 2.47. The van der Waals surface area contributed by atoms with Crippen molar-refractivity contribution in [2.45, 2.75) is 31.7 Å². The zero-order chi connectivity index (χ0) is 13.8. The fourth-order valence-electron chi connectivity index (χ4n) is 2.22. The Morgan fingerprint density at radius 1 is 1.47 bits per heavy atom. The molecule has 1 aliphatic carbocycles. The van der Waals surface area contributed by atoms with E-state index in [4.69, 9.17) is 0 Å². The van der Waals surface area contributed by atoms with Crippen molar-refractivity contribution in [3.05, 3.63) is 29.6 Å². The van der Waals surface area contributed by atoms with Crippen molar-refractivity contribution in [2.75, 3.05) is 11.9 Å². The van der Waals surface area contributed by atoms with Gasteiger partial charge in [-0.2, -0.15) is 0 Å². The van der Waals surface area contributed by atoms with Crippen molar-refractivity contribution in [2.24, 2.45) is 0 Å². The molecule has 0 unspecified atom stereocenters. The summed E-state index contributed by atoms with van der Waals surface area (Å²) >= 11 is 3.36. The van der Waals surface area contributed by atoms with E-state index in [0.29, 0.717) is 6.54 Å². The number of rotatable bonds is 5. The van der Waals surface area contributed by atoms with Gasteiger partial charge in [0.2, 0.25) is 0 Å². The molecule has 1 N–H and O–H groups in total. The number of aromatic hydroxyl groups is 1. The highest BCUT2D eigenvalue weighted by Gasteiger charge is 2.30. The first-order chi connectivity index (χ1) is 9.13. The Bertz CT molecular complexity index is 463. The molecule has 1 amide bonds. The third-order valence-corrected chi connectivity index (χ3v) is 4.06. The number of amides is 1. The van der Waals surface area contributed by atoms with Crippen LogP contribution in [-0.4, -0.2) is 33.8 Å². The summed E-state index contributed by atoms with van der Waals surface area (Å²) in [6.45, 7) is 0.658. The Morgan fingerprint density at radius 3 is 2.74 bits per heavy atom. The molecule has 0 heterocycles. The quantitative estimate of drug-likeness (QED) is 0.842. The van der Waals surface area contributed by atoms with E-state index in [0.717, 1.165) is 37.1 Å². The molecule has 1 aromatic carbocycles. The minimum absolute atomic E-state index is 0.183. The second-order valence-electron chi connectivity index (χ2n) is 4.79. The number of carbonyl (C=O) groups is 1. The fraction of sp³-hybridized carbons (Fsp3) is 0.500. The largest absolute Gasteiger partial charge is 0.507 e. The maximum absolute atomic E-state index is 13.0. The lowest BCUT2D eigenvalue weighted by Crippen LogP contribution is -2.44. The molecule has 5 heteroatoms. The molecule has 0 bridgehead atoms. The molecule has 1 aliphatic rings. The smallest absolute Gasteiger partial charge is 0.257 e. The van der Waals surface area contributed by atoms with E-state index in [2.05, 4.69) is 15.9 Å². The summed E-state index contributed by atoms with van der Waals surface area (Å²) in [6, 6.07) is 3.80. The van der Waals surface area contributed by atoms with Crippen molar-refractivity contribution < 1.29 is 14.3 Å². The first kappa shape index (κ1) is 14.3. The highest BCUT2D eigenvalue weighted by molar-refractivity contribution is 9.09. The van der Waals surface area contributed by atoms with Crippen molar-refractivity contribution >= 4 is 21.8 Å². The number of halogens is 2. The predicted molar refractivity (Wildman–Crippen MR) is 75.2 cm³/mol. The summed E-state index contributed by atoms with van der Waals surface area (Å²) < 4.78 is 13.0. The molecule has 0 radical (unpaired) electrons. The van der Waals surface area contributed by atoms with Gasteiger partial charge < -0.3 is 10.0 Å². The van der Waals surface area contributed by atoms with Gasteiger partial charge in [-0.25, -0.2) is 4.39 Å². The maximum Gasteiger partial charge on any atom is 0.257 e. The average Bonchev–Trinajstić information content (AvgIpc) is 2.31. The van der Waals surface area contributed by atoms with E-state index in [-0.39, 0.29) is 23.3 Å². The number of carbonyl (C=O) groups excluding carboxylic acids is 1. The highest BCUT2D eigenvalue weighted by atomic mass is 79.9. The lowest BCUT2D eigenvalue weighted by molar-refractivity contribution is 0.0578. The van der Waals surface area contributed by atoms with Crippen LogP contribution in [0.15, 0.2) is 18.2 Å². The third-order valence-electron chi connectivity index (χ3n) is 3.50. The van der Waals surface area contributed by atoms with Gasteiger partial charge in [0, 0.05) is 24.0 Å². The van der Waals surface area contributed by atoms with Gasteiger partial charge in [-0.3, -0.25) is 4.79 Å². The first-order valence-electron chi connectivity index (χ1n) is 6.49. The van der Waals surface area contributed by atoms with Gasteiger partial charge in [0.05, 0.1) is 5.56 Å². The van der Waals surface area contributed by atoms with Crippen LogP contribution in [0.3, 0.4) is 0 Å². The number of phenolic OH excluding ortho intramolecular Hbond substituents is 1. The number of alkyl halides is 1. The normalized spacial score (nSPS) is 15.1. The Balaban J connectivity index is 2.17. The molecule has 0 spiro atoms. The lowest BCUT2D eigenvalue weighted by atomic mass is 9.90. The SMILES string of the molecule is O=C(c1ccc(F)cc1O)N(CCCBr)C1CCC1. The van der Waals surface area contributed by atoms with Crippen molar-refractivity contribution in [3.8, 4) is 5.75 Å². The average molecular weight is 330 g/mol. The molecule has 1 saturated carbocycles. The van der Waals surface area contributed by atoms with Gasteiger partial charge in [-0.15, -0.1) is 0 Å². The van der Waals surface area contributed by atoms with Crippen LogP contribution in [0.5, 0.6) is 5.75 Å². The molecule has 2 rings (SSSR count). The number of hydrogen-bond donors (Lipinski definition) is 1. The Morgan fingerprint density at radius 2 is 2.21 bits per heavy atom. The van der Waals surface area contributed by atoms with Crippen LogP contribution >= 0.6 is 15.9 Å². The van der Waals surface area contributed by atoms with E-state index < -0.39 is 5.82 Å². The molecule has 19 heavy (non-hydrogen) atoms. The van der Waals surface area contributed by atoms with Crippen LogP contribution in [0.25, 0.3) is 0 Å². The molecule has 0 aromatic heterocycles. The molecule has 104 valence electrons. The first-order valence-corrected chi connectivity index (χ1v) is 7.61. The number of hydrogen-bond acceptors (Lipinski definition) is 2. The third kappa shape index (κ3) is 3.26. The topological polar surface area (TPSA) is 40.5 Å².